The normalized spacial score (nSPS) is 15.3. The van der Waals surface area contributed by atoms with Crippen molar-refractivity contribution in [1.82, 2.24) is 24.4 Å². The number of hydrogen-bond acceptors (Lipinski definition) is 6. The lowest BCUT2D eigenvalue weighted by atomic mass is 9.87. The highest BCUT2D eigenvalue weighted by molar-refractivity contribution is 5.76. The third-order valence-electron chi connectivity index (χ3n) is 6.42. The molecule has 0 radical (unpaired) electrons. The number of ether oxygens (including phenoxy) is 1. The Kier molecular flexibility index (Phi) is 7.00. The maximum Gasteiger partial charge on any atom is 0.418 e. The summed E-state index contributed by atoms with van der Waals surface area (Å²) in [4.78, 5) is 40.9. The Morgan fingerprint density at radius 1 is 1.14 bits per heavy atom. The molecule has 0 aliphatic carbocycles. The molecule has 1 aliphatic rings. The molecule has 0 bridgehead atoms. The smallest absolute Gasteiger partial charge is 0.418 e. The number of aromatic nitrogens is 4. The summed E-state index contributed by atoms with van der Waals surface area (Å²) in [6.45, 7) is 9.29. The minimum atomic E-state index is -4.62. The van der Waals surface area contributed by atoms with Crippen LogP contribution < -0.4 is 5.56 Å². The number of fused-ring (bicyclic) bond motifs is 1. The summed E-state index contributed by atoms with van der Waals surface area (Å²) in [7, 11) is 0. The van der Waals surface area contributed by atoms with E-state index in [2.05, 4.69) is 15.0 Å². The molecule has 0 spiro atoms. The van der Waals surface area contributed by atoms with Gasteiger partial charge in [0.25, 0.3) is 5.56 Å². The summed E-state index contributed by atoms with van der Waals surface area (Å²) in [6, 6.07) is 2.17. The molecule has 0 saturated carbocycles. The molecule has 1 aliphatic heterocycles. The average Bonchev–Trinajstić information content (AvgIpc) is 2.80. The van der Waals surface area contributed by atoms with Crippen LogP contribution in [0.3, 0.4) is 0 Å². The van der Waals surface area contributed by atoms with Gasteiger partial charge in [-0.25, -0.2) is 9.78 Å². The van der Waals surface area contributed by atoms with Crippen LogP contribution in [0.2, 0.25) is 0 Å². The van der Waals surface area contributed by atoms with Gasteiger partial charge in [-0.15, -0.1) is 0 Å². The van der Waals surface area contributed by atoms with E-state index in [0.29, 0.717) is 48.3 Å². The Balaban J connectivity index is 1.75. The van der Waals surface area contributed by atoms with Gasteiger partial charge in [0.05, 0.1) is 23.5 Å². The number of alkyl halides is 3. The highest BCUT2D eigenvalue weighted by Crippen LogP contribution is 2.33. The molecule has 1 amide bonds. The Morgan fingerprint density at radius 3 is 2.43 bits per heavy atom. The quantitative estimate of drug-likeness (QED) is 0.487. The van der Waals surface area contributed by atoms with E-state index in [9.17, 15) is 22.8 Å². The van der Waals surface area contributed by atoms with E-state index in [1.165, 1.54) is 16.8 Å². The summed E-state index contributed by atoms with van der Waals surface area (Å²) in [6.07, 6.45) is -1.16. The highest BCUT2D eigenvalue weighted by atomic mass is 19.4. The standard InChI is InChI=1S/C26H30F3N5O3/c1-15-13-31-21-16(2)20(17-8-11-33(12-9-17)24(36)37-25(3,4)5)23(35)34(22(21)32-15)14-19-18(26(27,28)29)7-6-10-30-19/h6-7,10,13,17H,8-9,11-12,14H2,1-5H3. The zero-order valence-corrected chi connectivity index (χ0v) is 21.5. The number of amides is 1. The number of rotatable bonds is 3. The van der Waals surface area contributed by atoms with Crippen LogP contribution in [-0.2, 0) is 17.5 Å². The van der Waals surface area contributed by atoms with Gasteiger partial charge in [0.2, 0.25) is 0 Å². The van der Waals surface area contributed by atoms with Crippen molar-refractivity contribution >= 4 is 17.3 Å². The number of aryl methyl sites for hydroxylation is 2. The van der Waals surface area contributed by atoms with Crippen molar-refractivity contribution in [1.29, 1.82) is 0 Å². The van der Waals surface area contributed by atoms with Crippen LogP contribution in [0, 0.1) is 13.8 Å². The average molecular weight is 518 g/mol. The largest absolute Gasteiger partial charge is 0.444 e. The van der Waals surface area contributed by atoms with E-state index in [1.54, 1.807) is 45.7 Å². The Bertz CT molecular complexity index is 1390. The molecular formula is C26H30F3N5O3. The number of likely N-dealkylation sites (tertiary alicyclic amines) is 1. The molecule has 11 heteroatoms. The second-order valence-corrected chi connectivity index (χ2v) is 10.4. The van der Waals surface area contributed by atoms with Crippen molar-refractivity contribution < 1.29 is 22.7 Å². The van der Waals surface area contributed by atoms with Crippen LogP contribution in [0.1, 0.15) is 67.6 Å². The molecule has 37 heavy (non-hydrogen) atoms. The van der Waals surface area contributed by atoms with Gasteiger partial charge in [-0.2, -0.15) is 13.2 Å². The zero-order chi connectivity index (χ0) is 27.1. The molecule has 0 N–H and O–H groups in total. The van der Waals surface area contributed by atoms with E-state index < -0.39 is 35.5 Å². The van der Waals surface area contributed by atoms with Gasteiger partial charge in [-0.05, 0) is 71.1 Å². The molecule has 1 fully saturated rings. The van der Waals surface area contributed by atoms with E-state index in [0.717, 1.165) is 6.07 Å². The number of carbonyl (C=O) groups is 1. The maximum absolute atomic E-state index is 13.9. The van der Waals surface area contributed by atoms with E-state index in [1.807, 2.05) is 0 Å². The van der Waals surface area contributed by atoms with Gasteiger partial charge in [0.1, 0.15) is 11.1 Å². The fourth-order valence-corrected chi connectivity index (χ4v) is 4.72. The fraction of sp³-hybridized carbons (Fsp3) is 0.500. The molecule has 3 aromatic heterocycles. The van der Waals surface area contributed by atoms with E-state index in [-0.39, 0.29) is 17.3 Å². The Labute approximate surface area is 212 Å². The van der Waals surface area contributed by atoms with Crippen molar-refractivity contribution in [2.45, 2.75) is 71.7 Å². The first kappa shape index (κ1) is 26.6. The second-order valence-electron chi connectivity index (χ2n) is 10.4. The molecule has 198 valence electrons. The van der Waals surface area contributed by atoms with Gasteiger partial charge in [0.15, 0.2) is 5.65 Å². The SMILES string of the molecule is Cc1cnc2c(C)c(C3CCN(C(=O)OC(C)(C)C)CC3)c(=O)n(Cc3ncccc3C(F)(F)F)c2n1. The number of carbonyl (C=O) groups excluding carboxylic acids is 1. The van der Waals surface area contributed by atoms with Crippen molar-refractivity contribution in [2.24, 2.45) is 0 Å². The molecule has 0 aromatic carbocycles. The van der Waals surface area contributed by atoms with Crippen LogP contribution in [0.5, 0.6) is 0 Å². The fourth-order valence-electron chi connectivity index (χ4n) is 4.72. The van der Waals surface area contributed by atoms with Crippen LogP contribution in [0.25, 0.3) is 11.2 Å². The summed E-state index contributed by atoms with van der Waals surface area (Å²) < 4.78 is 47.7. The van der Waals surface area contributed by atoms with E-state index in [4.69, 9.17) is 4.74 Å². The van der Waals surface area contributed by atoms with Crippen molar-refractivity contribution in [3.05, 3.63) is 63.0 Å². The van der Waals surface area contributed by atoms with Gasteiger partial charge < -0.3 is 9.64 Å². The number of hydrogen-bond donors (Lipinski definition) is 0. The highest BCUT2D eigenvalue weighted by Gasteiger charge is 2.35. The minimum Gasteiger partial charge on any atom is -0.444 e. The molecule has 0 atom stereocenters. The van der Waals surface area contributed by atoms with Gasteiger partial charge in [-0.1, -0.05) is 0 Å². The first-order valence-electron chi connectivity index (χ1n) is 12.1. The first-order chi connectivity index (χ1) is 17.3. The van der Waals surface area contributed by atoms with Gasteiger partial charge in [0, 0.05) is 31.0 Å². The molecule has 4 heterocycles. The monoisotopic (exact) mass is 517 g/mol. The van der Waals surface area contributed by atoms with Crippen molar-refractivity contribution in [3.63, 3.8) is 0 Å². The zero-order valence-electron chi connectivity index (χ0n) is 21.5. The number of piperidine rings is 1. The van der Waals surface area contributed by atoms with E-state index >= 15 is 0 Å². The van der Waals surface area contributed by atoms with Gasteiger partial charge >= 0.3 is 12.3 Å². The van der Waals surface area contributed by atoms with Crippen molar-refractivity contribution in [3.8, 4) is 0 Å². The molecule has 3 aromatic rings. The summed E-state index contributed by atoms with van der Waals surface area (Å²) in [5, 5.41) is 0. The topological polar surface area (TPSA) is 90.2 Å². The van der Waals surface area contributed by atoms with Crippen LogP contribution in [0.15, 0.2) is 29.3 Å². The number of pyridine rings is 2. The van der Waals surface area contributed by atoms with Crippen LogP contribution >= 0.6 is 0 Å². The third kappa shape index (κ3) is 5.60. The molecule has 0 unspecified atom stereocenters. The van der Waals surface area contributed by atoms with Crippen LogP contribution in [0.4, 0.5) is 18.0 Å². The van der Waals surface area contributed by atoms with Gasteiger partial charge in [-0.3, -0.25) is 19.3 Å². The number of halogens is 3. The summed E-state index contributed by atoms with van der Waals surface area (Å²) in [5.41, 5.74) is 0.148. The first-order valence-corrected chi connectivity index (χ1v) is 12.1. The molecule has 4 rings (SSSR count). The molecule has 1 saturated heterocycles. The predicted octanol–water partition coefficient (Wildman–Crippen LogP) is 4.98. The third-order valence-corrected chi connectivity index (χ3v) is 6.42. The maximum atomic E-state index is 13.9. The molecular weight excluding hydrogens is 487 g/mol. The minimum absolute atomic E-state index is 0.198. The summed E-state index contributed by atoms with van der Waals surface area (Å²) in [5.74, 6) is -0.198. The summed E-state index contributed by atoms with van der Waals surface area (Å²) >= 11 is 0. The lowest BCUT2D eigenvalue weighted by Gasteiger charge is -2.34. The second kappa shape index (κ2) is 9.75. The number of nitrogens with zero attached hydrogens (tertiary/aromatic N) is 5. The van der Waals surface area contributed by atoms with Crippen molar-refractivity contribution in [2.75, 3.05) is 13.1 Å². The Morgan fingerprint density at radius 2 is 1.81 bits per heavy atom. The lowest BCUT2D eigenvalue weighted by Crippen LogP contribution is -2.42. The van der Waals surface area contributed by atoms with Crippen LogP contribution in [-0.4, -0.2) is 49.2 Å². The predicted molar refractivity (Wildman–Crippen MR) is 131 cm³/mol. The molecule has 8 nitrogen and oxygen atoms in total. The Hall–Kier alpha value is -3.50. The lowest BCUT2D eigenvalue weighted by molar-refractivity contribution is -0.138.